The monoisotopic (exact) mass is 328 g/mol. The number of nitrogens with one attached hydrogen (secondary N) is 2. The Balaban J connectivity index is 1.72. The molecule has 122 valence electrons. The molecule has 2 aromatic heterocycles. The predicted molar refractivity (Wildman–Crippen MR) is 99.4 cm³/mol. The molecule has 0 aliphatic heterocycles. The summed E-state index contributed by atoms with van der Waals surface area (Å²) in [7, 11) is 0. The van der Waals surface area contributed by atoms with Crippen molar-refractivity contribution in [2.45, 2.75) is 6.54 Å². The van der Waals surface area contributed by atoms with Gasteiger partial charge < -0.3 is 5.32 Å². The summed E-state index contributed by atoms with van der Waals surface area (Å²) in [5.74, 6) is 0.416. The molecule has 0 aliphatic rings. The van der Waals surface area contributed by atoms with E-state index in [4.69, 9.17) is 0 Å². The van der Waals surface area contributed by atoms with Crippen LogP contribution in [0.15, 0.2) is 77.7 Å². The van der Waals surface area contributed by atoms with Gasteiger partial charge in [0.25, 0.3) is 5.56 Å². The Labute approximate surface area is 144 Å². The number of rotatable bonds is 4. The van der Waals surface area contributed by atoms with Gasteiger partial charge in [0.15, 0.2) is 5.65 Å². The van der Waals surface area contributed by atoms with Crippen molar-refractivity contribution in [3.05, 3.63) is 88.8 Å². The molecule has 0 spiro atoms. The number of H-pyrrole nitrogens is 1. The van der Waals surface area contributed by atoms with Crippen LogP contribution in [-0.4, -0.2) is 15.0 Å². The summed E-state index contributed by atoms with van der Waals surface area (Å²) >= 11 is 0. The zero-order valence-corrected chi connectivity index (χ0v) is 13.4. The average Bonchev–Trinajstić information content (AvgIpc) is 2.67. The molecular formula is C20H16N4O. The van der Waals surface area contributed by atoms with Crippen molar-refractivity contribution in [1.82, 2.24) is 15.0 Å². The van der Waals surface area contributed by atoms with Crippen LogP contribution in [0.3, 0.4) is 0 Å². The van der Waals surface area contributed by atoms with E-state index in [2.05, 4.69) is 20.3 Å². The van der Waals surface area contributed by atoms with Gasteiger partial charge >= 0.3 is 0 Å². The molecule has 0 fully saturated rings. The van der Waals surface area contributed by atoms with E-state index in [1.807, 2.05) is 66.7 Å². The van der Waals surface area contributed by atoms with Crippen molar-refractivity contribution in [3.63, 3.8) is 0 Å². The van der Waals surface area contributed by atoms with Gasteiger partial charge in [-0.1, -0.05) is 60.7 Å². The molecule has 4 rings (SSSR count). The summed E-state index contributed by atoms with van der Waals surface area (Å²) in [6.45, 7) is 0.577. The number of anilines is 1. The third-order valence-corrected chi connectivity index (χ3v) is 4.00. The topological polar surface area (TPSA) is 70.7 Å². The lowest BCUT2D eigenvalue weighted by molar-refractivity contribution is 1.05. The fraction of sp³-hybridized carbons (Fsp3) is 0.0500. The first kappa shape index (κ1) is 15.1. The molecule has 4 aromatic rings. The van der Waals surface area contributed by atoms with Gasteiger partial charge in [-0.15, -0.1) is 0 Å². The summed E-state index contributed by atoms with van der Waals surface area (Å²) in [6.07, 6.45) is 1.68. The Hall–Kier alpha value is -3.47. The Morgan fingerprint density at radius 1 is 0.920 bits per heavy atom. The van der Waals surface area contributed by atoms with Crippen LogP contribution < -0.4 is 10.9 Å². The second-order valence-corrected chi connectivity index (χ2v) is 5.68. The van der Waals surface area contributed by atoms with E-state index in [0.717, 1.165) is 16.7 Å². The predicted octanol–water partition coefficient (Wildman–Crippen LogP) is 3.60. The van der Waals surface area contributed by atoms with Gasteiger partial charge in [-0.05, 0) is 22.8 Å². The first-order valence-electron chi connectivity index (χ1n) is 8.03. The third kappa shape index (κ3) is 3.12. The number of benzene rings is 2. The van der Waals surface area contributed by atoms with Crippen molar-refractivity contribution in [2.75, 3.05) is 5.32 Å². The van der Waals surface area contributed by atoms with Crippen LogP contribution in [0.5, 0.6) is 0 Å². The van der Waals surface area contributed by atoms with E-state index in [1.165, 1.54) is 0 Å². The van der Waals surface area contributed by atoms with Gasteiger partial charge in [-0.2, -0.15) is 4.98 Å². The maximum atomic E-state index is 12.6. The number of hydrogen-bond acceptors (Lipinski definition) is 4. The molecule has 2 aromatic carbocycles. The minimum Gasteiger partial charge on any atom is -0.352 e. The van der Waals surface area contributed by atoms with Crippen molar-refractivity contribution in [3.8, 4) is 11.1 Å². The minimum atomic E-state index is -0.201. The Kier molecular flexibility index (Phi) is 3.96. The van der Waals surface area contributed by atoms with Crippen LogP contribution in [0.25, 0.3) is 22.2 Å². The van der Waals surface area contributed by atoms with Gasteiger partial charge in [-0.25, -0.2) is 4.98 Å². The number of nitrogens with zero attached hydrogens (tertiary/aromatic N) is 2. The quantitative estimate of drug-likeness (QED) is 0.600. The highest BCUT2D eigenvalue weighted by Crippen LogP contribution is 2.24. The zero-order valence-electron chi connectivity index (χ0n) is 13.4. The van der Waals surface area contributed by atoms with Crippen LogP contribution in [0.2, 0.25) is 0 Å². The lowest BCUT2D eigenvalue weighted by Crippen LogP contribution is -2.14. The lowest BCUT2D eigenvalue weighted by atomic mass is 10.0. The fourth-order valence-electron chi connectivity index (χ4n) is 2.79. The molecule has 5 heteroatoms. The number of aromatic amines is 1. The molecule has 0 amide bonds. The van der Waals surface area contributed by atoms with Crippen LogP contribution in [-0.2, 0) is 6.54 Å². The summed E-state index contributed by atoms with van der Waals surface area (Å²) in [5, 5.41) is 3.65. The van der Waals surface area contributed by atoms with Crippen molar-refractivity contribution >= 4 is 17.0 Å². The van der Waals surface area contributed by atoms with Crippen LogP contribution in [0, 0.1) is 0 Å². The standard InChI is InChI=1S/C20H16N4O/c25-19-17-16(15-9-5-2-6-10-15)11-12-21-18(17)23-20(24-19)22-13-14-7-3-1-4-8-14/h1-12H,13H2,(H2,21,22,23,24,25). The Morgan fingerprint density at radius 3 is 2.40 bits per heavy atom. The first-order chi connectivity index (χ1) is 12.3. The summed E-state index contributed by atoms with van der Waals surface area (Å²) in [6, 6.07) is 21.5. The first-order valence-corrected chi connectivity index (χ1v) is 8.03. The average molecular weight is 328 g/mol. The smallest absolute Gasteiger partial charge is 0.262 e. The second kappa shape index (κ2) is 6.57. The molecule has 25 heavy (non-hydrogen) atoms. The Bertz CT molecular complexity index is 1060. The van der Waals surface area contributed by atoms with E-state index < -0.39 is 0 Å². The number of pyridine rings is 1. The molecule has 0 saturated heterocycles. The summed E-state index contributed by atoms with van der Waals surface area (Å²) < 4.78 is 0. The van der Waals surface area contributed by atoms with Crippen LogP contribution in [0.4, 0.5) is 5.95 Å². The fourth-order valence-corrected chi connectivity index (χ4v) is 2.79. The highest BCUT2D eigenvalue weighted by Gasteiger charge is 2.11. The van der Waals surface area contributed by atoms with E-state index in [0.29, 0.717) is 23.5 Å². The van der Waals surface area contributed by atoms with Crippen molar-refractivity contribution in [1.29, 1.82) is 0 Å². The van der Waals surface area contributed by atoms with Gasteiger partial charge in [0.1, 0.15) is 0 Å². The maximum absolute atomic E-state index is 12.6. The van der Waals surface area contributed by atoms with Crippen LogP contribution in [0.1, 0.15) is 5.56 Å². The molecule has 0 radical (unpaired) electrons. The SMILES string of the molecule is O=c1[nH]c(NCc2ccccc2)nc2nccc(-c3ccccc3)c12. The molecular weight excluding hydrogens is 312 g/mol. The van der Waals surface area contributed by atoms with E-state index in [9.17, 15) is 4.79 Å². The van der Waals surface area contributed by atoms with E-state index >= 15 is 0 Å². The molecule has 0 aliphatic carbocycles. The number of aromatic nitrogens is 3. The third-order valence-electron chi connectivity index (χ3n) is 4.00. The highest BCUT2D eigenvalue weighted by atomic mass is 16.1. The van der Waals surface area contributed by atoms with Gasteiger partial charge in [0, 0.05) is 12.7 Å². The molecule has 0 atom stereocenters. The minimum absolute atomic E-state index is 0.201. The molecule has 2 heterocycles. The summed E-state index contributed by atoms with van der Waals surface area (Å²) in [4.78, 5) is 24.2. The highest BCUT2D eigenvalue weighted by molar-refractivity contribution is 5.92. The van der Waals surface area contributed by atoms with Gasteiger partial charge in [0.05, 0.1) is 5.39 Å². The molecule has 2 N–H and O–H groups in total. The zero-order chi connectivity index (χ0) is 17.1. The number of fused-ring (bicyclic) bond motifs is 1. The molecule has 0 saturated carbocycles. The van der Waals surface area contributed by atoms with Crippen LogP contribution >= 0.6 is 0 Å². The van der Waals surface area contributed by atoms with Crippen molar-refractivity contribution < 1.29 is 0 Å². The van der Waals surface area contributed by atoms with Gasteiger partial charge in [0.2, 0.25) is 5.95 Å². The lowest BCUT2D eigenvalue weighted by Gasteiger charge is -2.08. The Morgan fingerprint density at radius 2 is 1.64 bits per heavy atom. The molecule has 0 bridgehead atoms. The molecule has 5 nitrogen and oxygen atoms in total. The van der Waals surface area contributed by atoms with Crippen molar-refractivity contribution in [2.24, 2.45) is 0 Å². The normalized spacial score (nSPS) is 10.7. The summed E-state index contributed by atoms with van der Waals surface area (Å²) in [5.41, 5.74) is 3.13. The van der Waals surface area contributed by atoms with Gasteiger partial charge in [-0.3, -0.25) is 9.78 Å². The molecule has 0 unspecified atom stereocenters. The second-order valence-electron chi connectivity index (χ2n) is 5.68. The number of hydrogen-bond donors (Lipinski definition) is 2. The maximum Gasteiger partial charge on any atom is 0.262 e. The van der Waals surface area contributed by atoms with E-state index in [1.54, 1.807) is 6.20 Å². The largest absolute Gasteiger partial charge is 0.352 e. The van der Waals surface area contributed by atoms with E-state index in [-0.39, 0.29) is 5.56 Å².